The summed E-state index contributed by atoms with van der Waals surface area (Å²) in [5, 5.41) is 0. The van der Waals surface area contributed by atoms with E-state index in [9.17, 15) is 8.42 Å². The van der Waals surface area contributed by atoms with Gasteiger partial charge in [0.25, 0.3) is 0 Å². The van der Waals surface area contributed by atoms with Crippen molar-refractivity contribution in [1.29, 1.82) is 0 Å². The molecule has 5 nitrogen and oxygen atoms in total. The summed E-state index contributed by atoms with van der Waals surface area (Å²) in [5.41, 5.74) is 0.871. The van der Waals surface area contributed by atoms with Crippen molar-refractivity contribution in [2.45, 2.75) is 17.9 Å². The minimum Gasteiger partial charge on any atom is -0.486 e. The van der Waals surface area contributed by atoms with Crippen molar-refractivity contribution in [3.63, 3.8) is 0 Å². The maximum Gasteiger partial charge on any atom is 0.242 e. The quantitative estimate of drug-likeness (QED) is 0.774. The molecule has 0 aromatic heterocycles. The van der Waals surface area contributed by atoms with Gasteiger partial charge in [-0.3, -0.25) is 0 Å². The number of para-hydroxylation sites is 2. The molecule has 1 heterocycles. The molecular weight excluding hydrogens is 394 g/mol. The average molecular weight is 412 g/mol. The number of benzene rings is 2. The second kappa shape index (κ2) is 6.74. The first-order valence-electron chi connectivity index (χ1n) is 7.49. The predicted molar refractivity (Wildman–Crippen MR) is 95.0 cm³/mol. The fourth-order valence-corrected chi connectivity index (χ4v) is 4.03. The Morgan fingerprint density at radius 2 is 1.92 bits per heavy atom. The summed E-state index contributed by atoms with van der Waals surface area (Å²) in [6, 6.07) is 12.4. The van der Waals surface area contributed by atoms with Crippen LogP contribution in [0.5, 0.6) is 11.5 Å². The zero-order valence-electron chi connectivity index (χ0n) is 13.4. The Labute approximate surface area is 150 Å². The van der Waals surface area contributed by atoms with E-state index in [2.05, 4.69) is 15.9 Å². The van der Waals surface area contributed by atoms with Crippen molar-refractivity contribution in [3.8, 4) is 11.5 Å². The highest BCUT2D eigenvalue weighted by molar-refractivity contribution is 9.10. The van der Waals surface area contributed by atoms with Gasteiger partial charge in [-0.2, -0.15) is 4.31 Å². The molecule has 0 aliphatic carbocycles. The molecule has 1 aliphatic rings. The van der Waals surface area contributed by atoms with Gasteiger partial charge in [0.15, 0.2) is 11.5 Å². The number of hydrogen-bond donors (Lipinski definition) is 0. The highest BCUT2D eigenvalue weighted by Gasteiger charge is 2.28. The molecule has 3 rings (SSSR count). The van der Waals surface area contributed by atoms with Crippen molar-refractivity contribution in [1.82, 2.24) is 4.31 Å². The largest absolute Gasteiger partial charge is 0.486 e. The fourth-order valence-electron chi connectivity index (χ4n) is 2.50. The van der Waals surface area contributed by atoms with Crippen LogP contribution in [0.1, 0.15) is 5.56 Å². The lowest BCUT2D eigenvalue weighted by molar-refractivity contribution is 0.0798. The Hall–Kier alpha value is -1.57. The van der Waals surface area contributed by atoms with Crippen molar-refractivity contribution in [3.05, 3.63) is 52.5 Å². The number of fused-ring (bicyclic) bond motifs is 1. The number of hydrogen-bond acceptors (Lipinski definition) is 4. The summed E-state index contributed by atoms with van der Waals surface area (Å²) in [6.45, 7) is 2.39. The minimum absolute atomic E-state index is 0.214. The lowest BCUT2D eigenvalue weighted by Gasteiger charge is -2.29. The molecular formula is C17H18BrNO4S. The van der Waals surface area contributed by atoms with Gasteiger partial charge in [-0.1, -0.05) is 28.1 Å². The maximum atomic E-state index is 12.7. The standard InChI is InChI=1S/C17H18BrNO4S/c1-12-9-14(7-8-15(12)18)24(20,21)19(2)10-13-11-22-16-5-3-4-6-17(16)23-13/h3-9,13H,10-11H2,1-2H3. The van der Waals surface area contributed by atoms with Crippen LogP contribution in [0.2, 0.25) is 0 Å². The number of halogens is 1. The molecule has 1 atom stereocenters. The summed E-state index contributed by atoms with van der Waals surface area (Å²) in [6.07, 6.45) is -0.351. The summed E-state index contributed by atoms with van der Waals surface area (Å²) in [5.74, 6) is 1.32. The number of ether oxygens (including phenoxy) is 2. The number of nitrogens with zero attached hydrogens (tertiary/aromatic N) is 1. The molecule has 7 heteroatoms. The van der Waals surface area contributed by atoms with Gasteiger partial charge in [-0.25, -0.2) is 8.42 Å². The van der Waals surface area contributed by atoms with Crippen molar-refractivity contribution >= 4 is 26.0 Å². The Bertz CT molecular complexity index is 853. The fraction of sp³-hybridized carbons (Fsp3) is 0.294. The summed E-state index contributed by atoms with van der Waals surface area (Å²) in [7, 11) is -2.03. The van der Waals surface area contributed by atoms with E-state index in [1.54, 1.807) is 25.2 Å². The van der Waals surface area contributed by atoms with Crippen LogP contribution in [0, 0.1) is 6.92 Å². The zero-order chi connectivity index (χ0) is 17.3. The zero-order valence-corrected chi connectivity index (χ0v) is 15.8. The topological polar surface area (TPSA) is 55.8 Å². The van der Waals surface area contributed by atoms with Crippen LogP contribution >= 0.6 is 15.9 Å². The Morgan fingerprint density at radius 1 is 1.21 bits per heavy atom. The van der Waals surface area contributed by atoms with Crippen LogP contribution in [0.15, 0.2) is 51.8 Å². The molecule has 0 radical (unpaired) electrons. The highest BCUT2D eigenvalue weighted by Crippen LogP contribution is 2.31. The Balaban J connectivity index is 1.74. The van der Waals surface area contributed by atoms with E-state index in [0.29, 0.717) is 18.1 Å². The van der Waals surface area contributed by atoms with Gasteiger partial charge in [0.1, 0.15) is 12.7 Å². The normalized spacial score (nSPS) is 17.1. The van der Waals surface area contributed by atoms with E-state index >= 15 is 0 Å². The van der Waals surface area contributed by atoms with Gasteiger partial charge < -0.3 is 9.47 Å². The van der Waals surface area contributed by atoms with Gasteiger partial charge in [0.05, 0.1) is 11.4 Å². The number of likely N-dealkylation sites (N-methyl/N-ethyl adjacent to an activating group) is 1. The van der Waals surface area contributed by atoms with Crippen molar-refractivity contribution in [2.24, 2.45) is 0 Å². The summed E-state index contributed by atoms with van der Waals surface area (Å²) in [4.78, 5) is 0.267. The van der Waals surface area contributed by atoms with Crippen LogP contribution in [0.3, 0.4) is 0 Å². The van der Waals surface area contributed by atoms with E-state index in [-0.39, 0.29) is 17.5 Å². The Morgan fingerprint density at radius 3 is 2.62 bits per heavy atom. The summed E-state index contributed by atoms with van der Waals surface area (Å²) >= 11 is 3.38. The first-order valence-corrected chi connectivity index (χ1v) is 9.72. The first kappa shape index (κ1) is 17.3. The number of sulfonamides is 1. The predicted octanol–water partition coefficient (Wildman–Crippen LogP) is 3.22. The lowest BCUT2D eigenvalue weighted by Crippen LogP contribution is -2.41. The van der Waals surface area contributed by atoms with Gasteiger partial charge in [0.2, 0.25) is 10.0 Å². The van der Waals surface area contributed by atoms with Gasteiger partial charge in [0, 0.05) is 11.5 Å². The third kappa shape index (κ3) is 3.43. The third-order valence-corrected chi connectivity index (χ3v) is 6.57. The lowest BCUT2D eigenvalue weighted by atomic mass is 10.2. The molecule has 0 amide bonds. The monoisotopic (exact) mass is 411 g/mol. The van der Waals surface area contributed by atoms with Gasteiger partial charge in [-0.15, -0.1) is 0 Å². The Kier molecular flexibility index (Phi) is 4.85. The van der Waals surface area contributed by atoms with Gasteiger partial charge >= 0.3 is 0 Å². The summed E-state index contributed by atoms with van der Waals surface area (Å²) < 4.78 is 39.1. The molecule has 0 saturated heterocycles. The molecule has 0 spiro atoms. The molecule has 24 heavy (non-hydrogen) atoms. The molecule has 0 N–H and O–H groups in total. The smallest absolute Gasteiger partial charge is 0.242 e. The molecule has 2 aromatic rings. The van der Waals surface area contributed by atoms with Gasteiger partial charge in [-0.05, 0) is 42.8 Å². The number of rotatable bonds is 4. The van der Waals surface area contributed by atoms with E-state index < -0.39 is 10.0 Å². The van der Waals surface area contributed by atoms with Crippen LogP contribution < -0.4 is 9.47 Å². The van der Waals surface area contributed by atoms with Crippen LogP contribution in [-0.4, -0.2) is 39.0 Å². The van der Waals surface area contributed by atoms with Crippen molar-refractivity contribution < 1.29 is 17.9 Å². The van der Waals surface area contributed by atoms with Crippen LogP contribution in [0.4, 0.5) is 0 Å². The van der Waals surface area contributed by atoms with E-state index in [1.807, 2.05) is 31.2 Å². The molecule has 0 fully saturated rings. The molecule has 0 bridgehead atoms. The van der Waals surface area contributed by atoms with Crippen LogP contribution in [-0.2, 0) is 10.0 Å². The average Bonchev–Trinajstić information content (AvgIpc) is 2.57. The first-order chi connectivity index (χ1) is 11.4. The van der Waals surface area contributed by atoms with E-state index in [0.717, 1.165) is 10.0 Å². The van der Waals surface area contributed by atoms with Crippen LogP contribution in [0.25, 0.3) is 0 Å². The van der Waals surface area contributed by atoms with Crippen molar-refractivity contribution in [2.75, 3.05) is 20.2 Å². The van der Waals surface area contributed by atoms with E-state index in [1.165, 1.54) is 4.31 Å². The van der Waals surface area contributed by atoms with E-state index in [4.69, 9.17) is 9.47 Å². The number of aryl methyl sites for hydroxylation is 1. The molecule has 0 saturated carbocycles. The maximum absolute atomic E-state index is 12.7. The second-order valence-electron chi connectivity index (χ2n) is 5.69. The third-order valence-electron chi connectivity index (χ3n) is 3.87. The molecule has 2 aromatic carbocycles. The molecule has 1 aliphatic heterocycles. The second-order valence-corrected chi connectivity index (χ2v) is 8.59. The highest BCUT2D eigenvalue weighted by atomic mass is 79.9. The minimum atomic E-state index is -3.58. The SMILES string of the molecule is Cc1cc(S(=O)(=O)N(C)CC2COc3ccccc3O2)ccc1Br. The molecule has 128 valence electrons. The molecule has 1 unspecified atom stereocenters.